The first-order chi connectivity index (χ1) is 13.4. The van der Waals surface area contributed by atoms with Crippen LogP contribution < -0.4 is 9.64 Å². The Bertz CT molecular complexity index is 755. The summed E-state index contributed by atoms with van der Waals surface area (Å²) in [7, 11) is 0. The molecule has 0 bridgehead atoms. The van der Waals surface area contributed by atoms with Gasteiger partial charge >= 0.3 is 5.97 Å². The van der Waals surface area contributed by atoms with Crippen LogP contribution in [0, 0.1) is 12.8 Å². The average molecular weight is 388 g/mol. The van der Waals surface area contributed by atoms with Gasteiger partial charge in [0.1, 0.15) is 12.3 Å². The second kappa shape index (κ2) is 8.63. The summed E-state index contributed by atoms with van der Waals surface area (Å²) in [5.74, 6) is -0.00360. The number of fused-ring (bicyclic) bond motifs is 1. The Balaban J connectivity index is 1.69. The van der Waals surface area contributed by atoms with Crippen molar-refractivity contribution in [1.29, 1.82) is 0 Å². The van der Waals surface area contributed by atoms with Gasteiger partial charge in [-0.05, 0) is 50.8 Å². The lowest BCUT2D eigenvalue weighted by Gasteiger charge is -2.36. The van der Waals surface area contributed by atoms with E-state index >= 15 is 0 Å². The Morgan fingerprint density at radius 1 is 1.21 bits per heavy atom. The lowest BCUT2D eigenvalue weighted by Crippen LogP contribution is -2.51. The minimum absolute atomic E-state index is 0.0147. The van der Waals surface area contributed by atoms with Gasteiger partial charge in [-0.3, -0.25) is 19.3 Å². The van der Waals surface area contributed by atoms with Crippen LogP contribution in [0.1, 0.15) is 38.7 Å². The number of piperidine rings is 1. The molecule has 1 aromatic carbocycles. The van der Waals surface area contributed by atoms with E-state index in [0.29, 0.717) is 50.4 Å². The van der Waals surface area contributed by atoms with Gasteiger partial charge in [0.15, 0.2) is 6.10 Å². The van der Waals surface area contributed by atoms with Crippen molar-refractivity contribution in [3.05, 3.63) is 23.8 Å². The van der Waals surface area contributed by atoms with Gasteiger partial charge < -0.3 is 14.4 Å². The Morgan fingerprint density at radius 3 is 2.57 bits per heavy atom. The van der Waals surface area contributed by atoms with Crippen LogP contribution in [0.2, 0.25) is 0 Å². The molecule has 7 heteroatoms. The van der Waals surface area contributed by atoms with Gasteiger partial charge in [0.05, 0.1) is 18.2 Å². The SMILES string of the molecule is CCOC(=O)C1CCN(C(=O)CN2C(=O)C(CC)Oc3ccc(C)cc32)CC1. The summed E-state index contributed by atoms with van der Waals surface area (Å²) in [5.41, 5.74) is 1.64. The standard InChI is InChI=1S/C21H28N2O5/c1-4-17-20(25)23(16-12-14(3)6-7-18(16)28-17)13-19(24)22-10-8-15(9-11-22)21(26)27-5-2/h6-7,12,15,17H,4-5,8-11,13H2,1-3H3. The van der Waals surface area contributed by atoms with Crippen LogP contribution in [0.4, 0.5) is 5.69 Å². The van der Waals surface area contributed by atoms with Gasteiger partial charge in [-0.25, -0.2) is 0 Å². The molecule has 1 saturated heterocycles. The lowest BCUT2D eigenvalue weighted by atomic mass is 9.97. The van der Waals surface area contributed by atoms with Crippen LogP contribution >= 0.6 is 0 Å². The summed E-state index contributed by atoms with van der Waals surface area (Å²) in [4.78, 5) is 40.9. The lowest BCUT2D eigenvalue weighted by molar-refractivity contribution is -0.151. The fourth-order valence-electron chi connectivity index (χ4n) is 3.72. The quantitative estimate of drug-likeness (QED) is 0.724. The number of carbonyl (C=O) groups excluding carboxylic acids is 3. The number of likely N-dealkylation sites (tertiary alicyclic amines) is 1. The van der Waals surface area contributed by atoms with Crippen molar-refractivity contribution < 1.29 is 23.9 Å². The molecule has 2 aliphatic rings. The van der Waals surface area contributed by atoms with Gasteiger partial charge in [-0.1, -0.05) is 13.0 Å². The second-order valence-electron chi connectivity index (χ2n) is 7.32. The normalized spacial score (nSPS) is 19.8. The summed E-state index contributed by atoms with van der Waals surface area (Å²) in [6.45, 7) is 6.98. The van der Waals surface area contributed by atoms with Crippen molar-refractivity contribution in [3.63, 3.8) is 0 Å². The number of benzene rings is 1. The van der Waals surface area contributed by atoms with Crippen molar-refractivity contribution in [3.8, 4) is 5.75 Å². The Morgan fingerprint density at radius 2 is 1.93 bits per heavy atom. The summed E-state index contributed by atoms with van der Waals surface area (Å²) in [5, 5.41) is 0. The highest BCUT2D eigenvalue weighted by Crippen LogP contribution is 2.35. The third kappa shape index (κ3) is 4.13. The molecule has 1 aromatic rings. The molecule has 0 aromatic heterocycles. The number of carbonyl (C=O) groups is 3. The highest BCUT2D eigenvalue weighted by molar-refractivity contribution is 6.04. The Labute approximate surface area is 165 Å². The largest absolute Gasteiger partial charge is 0.478 e. The molecule has 3 rings (SSSR count). The summed E-state index contributed by atoms with van der Waals surface area (Å²) in [6.07, 6.45) is 1.16. The molecule has 0 N–H and O–H groups in total. The zero-order valence-electron chi connectivity index (χ0n) is 16.8. The van der Waals surface area contributed by atoms with Crippen LogP contribution in [-0.4, -0.2) is 55.0 Å². The molecule has 1 atom stereocenters. The van der Waals surface area contributed by atoms with Crippen LogP contribution in [-0.2, 0) is 19.1 Å². The smallest absolute Gasteiger partial charge is 0.309 e. The molecular weight excluding hydrogens is 360 g/mol. The Kier molecular flexibility index (Phi) is 6.21. The van der Waals surface area contributed by atoms with Crippen LogP contribution in [0.15, 0.2) is 18.2 Å². The van der Waals surface area contributed by atoms with Gasteiger partial charge in [0.2, 0.25) is 5.91 Å². The maximum absolute atomic E-state index is 12.9. The maximum Gasteiger partial charge on any atom is 0.309 e. The molecule has 1 fully saturated rings. The molecule has 1 unspecified atom stereocenters. The van der Waals surface area contributed by atoms with E-state index in [9.17, 15) is 14.4 Å². The number of aryl methyl sites for hydroxylation is 1. The highest BCUT2D eigenvalue weighted by Gasteiger charge is 2.36. The summed E-state index contributed by atoms with van der Waals surface area (Å²) in [6, 6.07) is 5.66. The van der Waals surface area contributed by atoms with E-state index in [0.717, 1.165) is 5.56 Å². The van der Waals surface area contributed by atoms with Gasteiger partial charge in [0.25, 0.3) is 5.91 Å². The van der Waals surface area contributed by atoms with Crippen molar-refractivity contribution >= 4 is 23.5 Å². The first-order valence-electron chi connectivity index (χ1n) is 9.97. The van der Waals surface area contributed by atoms with Crippen molar-refractivity contribution in [2.45, 2.75) is 46.1 Å². The fourth-order valence-corrected chi connectivity index (χ4v) is 3.72. The minimum Gasteiger partial charge on any atom is -0.478 e. The van der Waals surface area contributed by atoms with Crippen LogP contribution in [0.5, 0.6) is 5.75 Å². The van der Waals surface area contributed by atoms with Crippen LogP contribution in [0.25, 0.3) is 0 Å². The molecule has 0 spiro atoms. The van der Waals surface area contributed by atoms with Crippen molar-refractivity contribution in [2.75, 3.05) is 31.1 Å². The molecule has 0 saturated carbocycles. The number of amides is 2. The number of hydrogen-bond acceptors (Lipinski definition) is 5. The van der Waals surface area contributed by atoms with Crippen LogP contribution in [0.3, 0.4) is 0 Å². The first kappa shape index (κ1) is 20.2. The van der Waals surface area contributed by atoms with Gasteiger partial charge in [0, 0.05) is 13.1 Å². The zero-order chi connectivity index (χ0) is 20.3. The summed E-state index contributed by atoms with van der Waals surface area (Å²) < 4.78 is 10.9. The van der Waals surface area contributed by atoms with Crippen molar-refractivity contribution in [2.24, 2.45) is 5.92 Å². The molecule has 28 heavy (non-hydrogen) atoms. The van der Waals surface area contributed by atoms with E-state index < -0.39 is 6.10 Å². The van der Waals surface area contributed by atoms with E-state index in [1.807, 2.05) is 32.0 Å². The average Bonchev–Trinajstić information content (AvgIpc) is 2.70. The predicted octanol–water partition coefficient (Wildman–Crippen LogP) is 2.30. The molecule has 0 aliphatic carbocycles. The number of ether oxygens (including phenoxy) is 2. The molecule has 152 valence electrons. The molecule has 2 amide bonds. The molecule has 2 aliphatic heterocycles. The highest BCUT2D eigenvalue weighted by atomic mass is 16.5. The van der Waals surface area contributed by atoms with E-state index in [4.69, 9.17) is 9.47 Å². The monoisotopic (exact) mass is 388 g/mol. The number of esters is 1. The van der Waals surface area contributed by atoms with E-state index in [-0.39, 0.29) is 30.2 Å². The first-order valence-corrected chi connectivity index (χ1v) is 9.97. The fraction of sp³-hybridized carbons (Fsp3) is 0.571. The van der Waals surface area contributed by atoms with Gasteiger partial charge in [-0.15, -0.1) is 0 Å². The number of hydrogen-bond donors (Lipinski definition) is 0. The second-order valence-corrected chi connectivity index (χ2v) is 7.32. The minimum atomic E-state index is -0.572. The zero-order valence-corrected chi connectivity index (χ0v) is 16.8. The molecule has 7 nitrogen and oxygen atoms in total. The summed E-state index contributed by atoms with van der Waals surface area (Å²) >= 11 is 0. The molecule has 2 heterocycles. The van der Waals surface area contributed by atoms with E-state index in [1.165, 1.54) is 0 Å². The van der Waals surface area contributed by atoms with Crippen molar-refractivity contribution in [1.82, 2.24) is 4.90 Å². The number of anilines is 1. The van der Waals surface area contributed by atoms with Gasteiger partial charge in [-0.2, -0.15) is 0 Å². The number of rotatable bonds is 5. The maximum atomic E-state index is 12.9. The Hall–Kier alpha value is -2.57. The topological polar surface area (TPSA) is 76.2 Å². The molecule has 0 radical (unpaired) electrons. The third-order valence-corrected chi connectivity index (χ3v) is 5.35. The van der Waals surface area contributed by atoms with E-state index in [2.05, 4.69) is 0 Å². The third-order valence-electron chi connectivity index (χ3n) is 5.35. The molecular formula is C21H28N2O5. The predicted molar refractivity (Wildman–Crippen MR) is 104 cm³/mol. The van der Waals surface area contributed by atoms with E-state index in [1.54, 1.807) is 16.7 Å². The number of nitrogens with zero attached hydrogens (tertiary/aromatic N) is 2.